The van der Waals surface area contributed by atoms with E-state index in [9.17, 15) is 9.59 Å². The van der Waals surface area contributed by atoms with E-state index in [0.717, 1.165) is 19.3 Å². The highest BCUT2D eigenvalue weighted by Crippen LogP contribution is 2.13. The van der Waals surface area contributed by atoms with Gasteiger partial charge in [-0.3, -0.25) is 4.79 Å². The normalized spacial score (nSPS) is 11.6. The summed E-state index contributed by atoms with van der Waals surface area (Å²) in [5.74, 6) is -1.95. The highest BCUT2D eigenvalue weighted by atomic mass is 16.4. The monoisotopic (exact) mass is 298 g/mol. The standard InChI is InChI=1S/C17H30O4/c1-2-3-4-5-6-7-8-9-10-11-12-15(17(20)21)13-14-16(18)19/h12H,2-11,13-14H2,1H3,(H,18,19)(H,20,21). The Morgan fingerprint density at radius 3 is 1.81 bits per heavy atom. The average Bonchev–Trinajstić information content (AvgIpc) is 2.43. The Bertz CT molecular complexity index is 321. The first kappa shape index (κ1) is 19.7. The van der Waals surface area contributed by atoms with Gasteiger partial charge in [0.2, 0.25) is 0 Å². The highest BCUT2D eigenvalue weighted by molar-refractivity contribution is 5.87. The van der Waals surface area contributed by atoms with E-state index in [1.54, 1.807) is 6.08 Å². The number of unbranched alkanes of at least 4 members (excludes halogenated alkanes) is 9. The molecule has 0 unspecified atom stereocenters. The molecule has 0 aromatic rings. The topological polar surface area (TPSA) is 74.6 Å². The summed E-state index contributed by atoms with van der Waals surface area (Å²) in [5, 5.41) is 17.5. The quantitative estimate of drug-likeness (QED) is 0.357. The first-order chi connectivity index (χ1) is 10.1. The second-order valence-electron chi connectivity index (χ2n) is 5.55. The van der Waals surface area contributed by atoms with Gasteiger partial charge in [-0.1, -0.05) is 64.4 Å². The van der Waals surface area contributed by atoms with E-state index < -0.39 is 11.9 Å². The number of carboxylic acids is 2. The Kier molecular flexibility index (Phi) is 12.8. The third-order valence-electron chi connectivity index (χ3n) is 3.58. The van der Waals surface area contributed by atoms with Gasteiger partial charge >= 0.3 is 11.9 Å². The summed E-state index contributed by atoms with van der Waals surface area (Å²) in [6.07, 6.45) is 13.6. The summed E-state index contributed by atoms with van der Waals surface area (Å²) in [6.45, 7) is 2.22. The van der Waals surface area contributed by atoms with E-state index in [1.807, 2.05) is 0 Å². The number of hydrogen-bond donors (Lipinski definition) is 2. The van der Waals surface area contributed by atoms with Gasteiger partial charge in [0.05, 0.1) is 0 Å². The molecule has 0 spiro atoms. The zero-order valence-corrected chi connectivity index (χ0v) is 13.3. The molecule has 0 fully saturated rings. The van der Waals surface area contributed by atoms with Gasteiger partial charge in [0.1, 0.15) is 0 Å². The molecule has 4 nitrogen and oxygen atoms in total. The van der Waals surface area contributed by atoms with Crippen molar-refractivity contribution in [3.8, 4) is 0 Å². The van der Waals surface area contributed by atoms with Crippen LogP contribution in [0.3, 0.4) is 0 Å². The number of carboxylic acid groups (broad SMARTS) is 2. The molecular weight excluding hydrogens is 268 g/mol. The van der Waals surface area contributed by atoms with Crippen LogP contribution in [0.2, 0.25) is 0 Å². The van der Waals surface area contributed by atoms with Crippen LogP contribution >= 0.6 is 0 Å². The van der Waals surface area contributed by atoms with Crippen LogP contribution in [-0.4, -0.2) is 22.2 Å². The third kappa shape index (κ3) is 13.4. The fourth-order valence-corrected chi connectivity index (χ4v) is 2.27. The van der Waals surface area contributed by atoms with Gasteiger partial charge in [0, 0.05) is 12.0 Å². The van der Waals surface area contributed by atoms with E-state index in [0.29, 0.717) is 0 Å². The minimum atomic E-state index is -0.993. The first-order valence-electron chi connectivity index (χ1n) is 8.22. The summed E-state index contributed by atoms with van der Waals surface area (Å²) < 4.78 is 0. The van der Waals surface area contributed by atoms with E-state index in [1.165, 1.54) is 44.9 Å². The Hall–Kier alpha value is -1.32. The van der Waals surface area contributed by atoms with Gasteiger partial charge in [-0.25, -0.2) is 4.79 Å². The maximum atomic E-state index is 10.9. The van der Waals surface area contributed by atoms with Crippen molar-refractivity contribution in [1.29, 1.82) is 0 Å². The molecule has 0 aliphatic carbocycles. The summed E-state index contributed by atoms with van der Waals surface area (Å²) in [5.41, 5.74) is 0.233. The molecule has 0 heterocycles. The lowest BCUT2D eigenvalue weighted by atomic mass is 10.0. The molecule has 0 aliphatic heterocycles. The molecule has 21 heavy (non-hydrogen) atoms. The molecule has 2 N–H and O–H groups in total. The number of allylic oxidation sites excluding steroid dienone is 1. The Morgan fingerprint density at radius 2 is 1.33 bits per heavy atom. The van der Waals surface area contributed by atoms with E-state index >= 15 is 0 Å². The van der Waals surface area contributed by atoms with Gasteiger partial charge in [0.15, 0.2) is 0 Å². The lowest BCUT2D eigenvalue weighted by Gasteiger charge is -2.02. The van der Waals surface area contributed by atoms with Crippen LogP contribution in [-0.2, 0) is 9.59 Å². The molecule has 0 atom stereocenters. The summed E-state index contributed by atoms with van der Waals surface area (Å²) in [6, 6.07) is 0. The van der Waals surface area contributed by atoms with Crippen molar-refractivity contribution in [2.24, 2.45) is 0 Å². The van der Waals surface area contributed by atoms with Crippen molar-refractivity contribution in [3.05, 3.63) is 11.6 Å². The highest BCUT2D eigenvalue weighted by Gasteiger charge is 2.08. The van der Waals surface area contributed by atoms with Crippen molar-refractivity contribution in [2.45, 2.75) is 84.0 Å². The molecule has 0 amide bonds. The Labute approximate surface area is 128 Å². The van der Waals surface area contributed by atoms with E-state index in [-0.39, 0.29) is 18.4 Å². The van der Waals surface area contributed by atoms with Gasteiger partial charge in [-0.2, -0.15) is 0 Å². The Balaban J connectivity index is 3.62. The molecule has 0 aliphatic rings. The summed E-state index contributed by atoms with van der Waals surface area (Å²) >= 11 is 0. The van der Waals surface area contributed by atoms with E-state index in [2.05, 4.69) is 6.92 Å². The smallest absolute Gasteiger partial charge is 0.331 e. The molecule has 122 valence electrons. The zero-order valence-electron chi connectivity index (χ0n) is 13.3. The van der Waals surface area contributed by atoms with Crippen molar-refractivity contribution in [2.75, 3.05) is 0 Å². The second-order valence-corrected chi connectivity index (χ2v) is 5.55. The largest absolute Gasteiger partial charge is 0.481 e. The van der Waals surface area contributed by atoms with Gasteiger partial charge in [-0.05, 0) is 19.3 Å². The maximum absolute atomic E-state index is 10.9. The summed E-state index contributed by atoms with van der Waals surface area (Å²) in [7, 11) is 0. The molecule has 0 aromatic carbocycles. The van der Waals surface area contributed by atoms with Crippen LogP contribution in [0.5, 0.6) is 0 Å². The van der Waals surface area contributed by atoms with Gasteiger partial charge < -0.3 is 10.2 Å². The molecular formula is C17H30O4. The summed E-state index contributed by atoms with van der Waals surface area (Å²) in [4.78, 5) is 21.4. The van der Waals surface area contributed by atoms with Crippen LogP contribution in [0.1, 0.15) is 84.0 Å². The molecule has 0 bridgehead atoms. The van der Waals surface area contributed by atoms with Gasteiger partial charge in [0.25, 0.3) is 0 Å². The van der Waals surface area contributed by atoms with Crippen molar-refractivity contribution in [3.63, 3.8) is 0 Å². The van der Waals surface area contributed by atoms with Crippen molar-refractivity contribution in [1.82, 2.24) is 0 Å². The molecule has 4 heteroatoms. The van der Waals surface area contributed by atoms with Crippen LogP contribution in [0.15, 0.2) is 11.6 Å². The van der Waals surface area contributed by atoms with Gasteiger partial charge in [-0.15, -0.1) is 0 Å². The van der Waals surface area contributed by atoms with Crippen LogP contribution in [0.4, 0.5) is 0 Å². The molecule has 0 saturated carbocycles. The second kappa shape index (κ2) is 13.7. The van der Waals surface area contributed by atoms with Crippen LogP contribution in [0, 0.1) is 0 Å². The number of carbonyl (C=O) groups is 2. The zero-order chi connectivity index (χ0) is 15.9. The van der Waals surface area contributed by atoms with Crippen molar-refractivity contribution < 1.29 is 19.8 Å². The third-order valence-corrected chi connectivity index (χ3v) is 3.58. The minimum absolute atomic E-state index is 0.113. The molecule has 0 saturated heterocycles. The molecule has 0 aromatic heterocycles. The van der Waals surface area contributed by atoms with Crippen LogP contribution < -0.4 is 0 Å². The molecule has 0 rings (SSSR count). The number of hydrogen-bond acceptors (Lipinski definition) is 2. The average molecular weight is 298 g/mol. The maximum Gasteiger partial charge on any atom is 0.331 e. The molecule has 0 radical (unpaired) electrons. The number of aliphatic carboxylic acids is 2. The van der Waals surface area contributed by atoms with E-state index in [4.69, 9.17) is 10.2 Å². The van der Waals surface area contributed by atoms with Crippen LogP contribution in [0.25, 0.3) is 0 Å². The first-order valence-corrected chi connectivity index (χ1v) is 8.22. The van der Waals surface area contributed by atoms with Crippen molar-refractivity contribution >= 4 is 11.9 Å². The lowest BCUT2D eigenvalue weighted by Crippen LogP contribution is -2.04. The lowest BCUT2D eigenvalue weighted by molar-refractivity contribution is -0.137. The SMILES string of the molecule is CCCCCCCCCCCC=C(CCC(=O)O)C(=O)O. The fourth-order valence-electron chi connectivity index (χ4n) is 2.27. The number of rotatable bonds is 14. The minimum Gasteiger partial charge on any atom is -0.481 e. The predicted molar refractivity (Wildman–Crippen MR) is 84.4 cm³/mol. The fraction of sp³-hybridized carbons (Fsp3) is 0.765. The Morgan fingerprint density at radius 1 is 0.810 bits per heavy atom. The predicted octanol–water partition coefficient (Wildman–Crippen LogP) is 4.78.